The van der Waals surface area contributed by atoms with Crippen LogP contribution in [0, 0.1) is 23.6 Å². The summed E-state index contributed by atoms with van der Waals surface area (Å²) in [4.78, 5) is 12.2. The third-order valence-electron chi connectivity index (χ3n) is 5.70. The average molecular weight is 363 g/mol. The number of fused-ring (bicyclic) bond motifs is 2. The minimum absolute atomic E-state index is 0.193. The number of carbonyl (C=O) groups is 1. The highest BCUT2D eigenvalue weighted by Gasteiger charge is 2.42. The van der Waals surface area contributed by atoms with Gasteiger partial charge in [0.05, 0.1) is 13.2 Å². The summed E-state index contributed by atoms with van der Waals surface area (Å²) >= 11 is 0. The molecule has 2 aliphatic rings. The molecule has 26 heavy (non-hydrogen) atoms. The van der Waals surface area contributed by atoms with E-state index < -0.39 is 0 Å². The second kappa shape index (κ2) is 8.85. The minimum atomic E-state index is -0.298. The maximum atomic E-state index is 13.4. The molecule has 1 aromatic carbocycles. The topological polar surface area (TPSA) is 47.6 Å². The van der Waals surface area contributed by atoms with E-state index in [4.69, 9.17) is 9.47 Å². The molecule has 0 aromatic heterocycles. The van der Waals surface area contributed by atoms with Crippen molar-refractivity contribution in [3.63, 3.8) is 0 Å². The number of nitrogens with one attached hydrogen (secondary N) is 1. The summed E-state index contributed by atoms with van der Waals surface area (Å²) in [5.74, 6) is 2.35. The Kier molecular flexibility index (Phi) is 6.52. The van der Waals surface area contributed by atoms with Crippen molar-refractivity contribution in [1.29, 1.82) is 0 Å². The van der Waals surface area contributed by atoms with Crippen molar-refractivity contribution < 1.29 is 18.7 Å². The number of amides is 1. The fourth-order valence-electron chi connectivity index (χ4n) is 4.37. The van der Waals surface area contributed by atoms with E-state index in [2.05, 4.69) is 19.2 Å². The minimum Gasteiger partial charge on any atom is -0.491 e. The van der Waals surface area contributed by atoms with Gasteiger partial charge in [-0.1, -0.05) is 26.3 Å². The van der Waals surface area contributed by atoms with Gasteiger partial charge in [0, 0.05) is 18.5 Å². The van der Waals surface area contributed by atoms with Crippen LogP contribution in [0.5, 0.6) is 5.75 Å². The maximum Gasteiger partial charge on any atom is 0.223 e. The van der Waals surface area contributed by atoms with Crippen molar-refractivity contribution in [3.05, 3.63) is 29.6 Å². The standard InChI is InChI=1S/C21H30FNO3/c1-14(2)18-6-5-17(22)13-20(18)26-10-9-25-8-7-23-21(24)19-12-15-3-4-16(19)11-15/h5-6,13-16,19H,3-4,7-12H2,1-2H3,(H,23,24). The molecule has 1 N–H and O–H groups in total. The molecule has 0 radical (unpaired) electrons. The van der Waals surface area contributed by atoms with Crippen LogP contribution in [0.4, 0.5) is 4.39 Å². The van der Waals surface area contributed by atoms with Crippen molar-refractivity contribution >= 4 is 5.91 Å². The third kappa shape index (κ3) is 4.76. The van der Waals surface area contributed by atoms with Gasteiger partial charge in [-0.2, -0.15) is 0 Å². The van der Waals surface area contributed by atoms with E-state index in [1.807, 2.05) is 0 Å². The van der Waals surface area contributed by atoms with Gasteiger partial charge in [0.1, 0.15) is 18.2 Å². The first-order valence-corrected chi connectivity index (χ1v) is 9.82. The van der Waals surface area contributed by atoms with Crippen LogP contribution >= 0.6 is 0 Å². The van der Waals surface area contributed by atoms with E-state index in [0.717, 1.165) is 17.9 Å². The number of hydrogen-bond donors (Lipinski definition) is 1. The molecule has 2 saturated carbocycles. The molecule has 0 heterocycles. The number of hydrogen-bond acceptors (Lipinski definition) is 3. The van der Waals surface area contributed by atoms with Crippen molar-refractivity contribution in [2.24, 2.45) is 17.8 Å². The van der Waals surface area contributed by atoms with Gasteiger partial charge in [-0.3, -0.25) is 4.79 Å². The molecule has 3 atom stereocenters. The highest BCUT2D eigenvalue weighted by molar-refractivity contribution is 5.79. The van der Waals surface area contributed by atoms with E-state index in [1.54, 1.807) is 6.07 Å². The number of carbonyl (C=O) groups excluding carboxylic acids is 1. The predicted octanol–water partition coefficient (Wildman–Crippen LogP) is 3.90. The molecule has 5 heteroatoms. The van der Waals surface area contributed by atoms with Crippen molar-refractivity contribution in [3.8, 4) is 5.75 Å². The Morgan fingerprint density at radius 1 is 1.23 bits per heavy atom. The lowest BCUT2D eigenvalue weighted by atomic mass is 9.88. The Balaban J connectivity index is 1.29. The monoisotopic (exact) mass is 363 g/mol. The third-order valence-corrected chi connectivity index (χ3v) is 5.70. The first-order chi connectivity index (χ1) is 12.5. The SMILES string of the molecule is CC(C)c1ccc(F)cc1OCCOCCNC(=O)C1CC2CCC1C2. The normalized spacial score (nSPS) is 24.2. The molecule has 0 aliphatic heterocycles. The van der Waals surface area contributed by atoms with Gasteiger partial charge in [-0.15, -0.1) is 0 Å². The molecule has 1 amide bonds. The maximum absolute atomic E-state index is 13.4. The van der Waals surface area contributed by atoms with E-state index in [1.165, 1.54) is 31.4 Å². The molecule has 4 nitrogen and oxygen atoms in total. The van der Waals surface area contributed by atoms with E-state index in [0.29, 0.717) is 38.0 Å². The fraction of sp³-hybridized carbons (Fsp3) is 0.667. The van der Waals surface area contributed by atoms with Gasteiger partial charge < -0.3 is 14.8 Å². The van der Waals surface area contributed by atoms with Crippen LogP contribution in [0.2, 0.25) is 0 Å². The molecular weight excluding hydrogens is 333 g/mol. The zero-order valence-corrected chi connectivity index (χ0v) is 15.8. The van der Waals surface area contributed by atoms with Crippen LogP contribution in [-0.2, 0) is 9.53 Å². The first-order valence-electron chi connectivity index (χ1n) is 9.82. The Labute approximate surface area is 155 Å². The van der Waals surface area contributed by atoms with Gasteiger partial charge in [-0.25, -0.2) is 4.39 Å². The molecule has 0 saturated heterocycles. The molecular formula is C21H30FNO3. The van der Waals surface area contributed by atoms with Crippen molar-refractivity contribution in [1.82, 2.24) is 5.32 Å². The Morgan fingerprint density at radius 3 is 2.77 bits per heavy atom. The molecule has 144 valence electrons. The fourth-order valence-corrected chi connectivity index (χ4v) is 4.37. The summed E-state index contributed by atoms with van der Waals surface area (Å²) in [6.07, 6.45) is 4.83. The van der Waals surface area contributed by atoms with E-state index in [9.17, 15) is 9.18 Å². The Bertz CT molecular complexity index is 619. The van der Waals surface area contributed by atoms with Gasteiger partial charge in [0.2, 0.25) is 5.91 Å². The predicted molar refractivity (Wildman–Crippen MR) is 98.8 cm³/mol. The molecule has 3 rings (SSSR count). The largest absolute Gasteiger partial charge is 0.491 e. The van der Waals surface area contributed by atoms with Crippen LogP contribution in [0.15, 0.2) is 18.2 Å². The zero-order chi connectivity index (χ0) is 18.5. The highest BCUT2D eigenvalue weighted by Crippen LogP contribution is 2.48. The zero-order valence-electron chi connectivity index (χ0n) is 15.8. The Morgan fingerprint density at radius 2 is 2.08 bits per heavy atom. The average Bonchev–Trinajstić information content (AvgIpc) is 3.24. The van der Waals surface area contributed by atoms with Crippen LogP contribution in [0.3, 0.4) is 0 Å². The first kappa shape index (κ1) is 19.2. The number of ether oxygens (including phenoxy) is 2. The van der Waals surface area contributed by atoms with Gasteiger partial charge in [-0.05, 0) is 48.6 Å². The van der Waals surface area contributed by atoms with Crippen LogP contribution in [0.1, 0.15) is 51.0 Å². The lowest BCUT2D eigenvalue weighted by Gasteiger charge is -2.20. The second-order valence-electron chi connectivity index (χ2n) is 7.87. The summed E-state index contributed by atoms with van der Waals surface area (Å²) < 4.78 is 24.6. The van der Waals surface area contributed by atoms with Crippen molar-refractivity contribution in [2.45, 2.75) is 45.4 Å². The van der Waals surface area contributed by atoms with Gasteiger partial charge in [0.25, 0.3) is 0 Å². The highest BCUT2D eigenvalue weighted by atomic mass is 19.1. The number of halogens is 1. The van der Waals surface area contributed by atoms with Gasteiger partial charge in [0.15, 0.2) is 0 Å². The Hall–Kier alpha value is -1.62. The van der Waals surface area contributed by atoms with Crippen LogP contribution in [0.25, 0.3) is 0 Å². The number of rotatable bonds is 9. The van der Waals surface area contributed by atoms with E-state index >= 15 is 0 Å². The lowest BCUT2D eigenvalue weighted by Crippen LogP contribution is -2.35. The summed E-state index contributed by atoms with van der Waals surface area (Å²) in [5, 5.41) is 3.00. The summed E-state index contributed by atoms with van der Waals surface area (Å²) in [6, 6.07) is 4.64. The molecule has 2 fully saturated rings. The smallest absolute Gasteiger partial charge is 0.223 e. The summed E-state index contributed by atoms with van der Waals surface area (Å²) in [7, 11) is 0. The van der Waals surface area contributed by atoms with Gasteiger partial charge >= 0.3 is 0 Å². The second-order valence-corrected chi connectivity index (χ2v) is 7.87. The molecule has 2 bridgehead atoms. The summed E-state index contributed by atoms with van der Waals surface area (Å²) in [5.41, 5.74) is 0.990. The van der Waals surface area contributed by atoms with Crippen LogP contribution in [-0.4, -0.2) is 32.3 Å². The molecule has 3 unspecified atom stereocenters. The molecule has 2 aliphatic carbocycles. The van der Waals surface area contributed by atoms with Crippen LogP contribution < -0.4 is 10.1 Å². The molecule has 1 aromatic rings. The lowest BCUT2D eigenvalue weighted by molar-refractivity contribution is -0.126. The molecule has 0 spiro atoms. The number of benzene rings is 1. The summed E-state index contributed by atoms with van der Waals surface area (Å²) in [6.45, 7) is 5.88. The van der Waals surface area contributed by atoms with Crippen molar-refractivity contribution in [2.75, 3.05) is 26.4 Å². The quantitative estimate of drug-likeness (QED) is 0.677. The van der Waals surface area contributed by atoms with E-state index in [-0.39, 0.29) is 23.6 Å².